The van der Waals surface area contributed by atoms with Crippen molar-refractivity contribution in [2.24, 2.45) is 10.7 Å². The average molecular weight is 199 g/mol. The maximum atomic E-state index is 5.37. The van der Waals surface area contributed by atoms with E-state index in [0.29, 0.717) is 6.54 Å². The topological polar surface area (TPSA) is 50.4 Å². The fourth-order valence-corrected chi connectivity index (χ4v) is 1.44. The van der Waals surface area contributed by atoms with Gasteiger partial charge in [0.1, 0.15) is 0 Å². The Morgan fingerprint density at radius 1 is 1.47 bits per heavy atom. The molecule has 0 fully saturated rings. The van der Waals surface area contributed by atoms with Gasteiger partial charge in [0.25, 0.3) is 0 Å². The number of aliphatic imine (C=N–C) groups is 1. The van der Waals surface area contributed by atoms with Gasteiger partial charge in [-0.05, 0) is 23.8 Å². The van der Waals surface area contributed by atoms with E-state index in [0.717, 1.165) is 24.2 Å². The summed E-state index contributed by atoms with van der Waals surface area (Å²) in [5.74, 6) is 6.11. The summed E-state index contributed by atoms with van der Waals surface area (Å²) in [6, 6.07) is 6.11. The third kappa shape index (κ3) is 2.36. The zero-order valence-electron chi connectivity index (χ0n) is 8.46. The number of anilines is 1. The standard InChI is InChI=1S/C12H13N3/c13-6-2-1-3-10-4-5-12-11(7-10)8-14-9-15-12/h4-5,7,9H,2,6,8,13H2,(H,14,15). The van der Waals surface area contributed by atoms with E-state index in [1.165, 1.54) is 5.56 Å². The lowest BCUT2D eigenvalue weighted by Gasteiger charge is -2.11. The summed E-state index contributed by atoms with van der Waals surface area (Å²) in [4.78, 5) is 4.15. The molecule has 2 rings (SSSR count). The lowest BCUT2D eigenvalue weighted by Crippen LogP contribution is -2.04. The third-order valence-electron chi connectivity index (χ3n) is 2.18. The fraction of sp³-hybridized carbons (Fsp3) is 0.250. The van der Waals surface area contributed by atoms with Crippen molar-refractivity contribution in [2.75, 3.05) is 11.9 Å². The van der Waals surface area contributed by atoms with Crippen molar-refractivity contribution in [3.63, 3.8) is 0 Å². The van der Waals surface area contributed by atoms with Crippen LogP contribution in [0.1, 0.15) is 17.5 Å². The molecule has 0 bridgehead atoms. The molecule has 0 amide bonds. The molecule has 1 aliphatic rings. The van der Waals surface area contributed by atoms with Gasteiger partial charge in [-0.25, -0.2) is 0 Å². The Morgan fingerprint density at radius 2 is 2.40 bits per heavy atom. The quantitative estimate of drug-likeness (QED) is 0.671. The highest BCUT2D eigenvalue weighted by Gasteiger charge is 2.04. The molecular formula is C12H13N3. The number of hydrogen-bond acceptors (Lipinski definition) is 3. The Hall–Kier alpha value is -1.79. The summed E-state index contributed by atoms with van der Waals surface area (Å²) in [5, 5.41) is 3.10. The van der Waals surface area contributed by atoms with E-state index >= 15 is 0 Å². The molecule has 3 nitrogen and oxygen atoms in total. The predicted octanol–water partition coefficient (Wildman–Crippen LogP) is 1.34. The number of nitrogens with two attached hydrogens (primary N) is 1. The maximum Gasteiger partial charge on any atom is 0.0872 e. The van der Waals surface area contributed by atoms with Crippen LogP contribution in [0.5, 0.6) is 0 Å². The van der Waals surface area contributed by atoms with E-state index in [-0.39, 0.29) is 0 Å². The van der Waals surface area contributed by atoms with Crippen molar-refractivity contribution < 1.29 is 0 Å². The zero-order chi connectivity index (χ0) is 10.5. The molecule has 0 radical (unpaired) electrons. The minimum atomic E-state index is 0.615. The summed E-state index contributed by atoms with van der Waals surface area (Å²) < 4.78 is 0. The molecular weight excluding hydrogens is 186 g/mol. The largest absolute Gasteiger partial charge is 0.346 e. The van der Waals surface area contributed by atoms with Gasteiger partial charge >= 0.3 is 0 Å². The first kappa shape index (κ1) is 9.75. The Bertz CT molecular complexity index is 438. The molecule has 3 N–H and O–H groups in total. The van der Waals surface area contributed by atoms with Gasteiger partial charge in [0.2, 0.25) is 0 Å². The predicted molar refractivity (Wildman–Crippen MR) is 62.8 cm³/mol. The SMILES string of the molecule is NCCC#Cc1ccc2c(c1)CN=CN2. The number of hydrogen-bond donors (Lipinski definition) is 2. The lowest BCUT2D eigenvalue weighted by atomic mass is 10.1. The number of rotatable bonds is 1. The molecule has 1 heterocycles. The molecule has 76 valence electrons. The highest BCUT2D eigenvalue weighted by atomic mass is 15.0. The first-order valence-corrected chi connectivity index (χ1v) is 4.97. The van der Waals surface area contributed by atoms with Crippen LogP contribution in [0.4, 0.5) is 5.69 Å². The van der Waals surface area contributed by atoms with E-state index < -0.39 is 0 Å². The van der Waals surface area contributed by atoms with Crippen LogP contribution in [0.2, 0.25) is 0 Å². The van der Waals surface area contributed by atoms with Gasteiger partial charge in [-0.3, -0.25) is 4.99 Å². The van der Waals surface area contributed by atoms with Crippen molar-refractivity contribution >= 4 is 12.0 Å². The molecule has 1 aromatic carbocycles. The van der Waals surface area contributed by atoms with Gasteiger partial charge in [-0.1, -0.05) is 11.8 Å². The minimum Gasteiger partial charge on any atom is -0.346 e. The highest BCUT2D eigenvalue weighted by molar-refractivity contribution is 5.79. The van der Waals surface area contributed by atoms with Crippen LogP contribution in [0.3, 0.4) is 0 Å². The van der Waals surface area contributed by atoms with Crippen molar-refractivity contribution in [3.8, 4) is 11.8 Å². The van der Waals surface area contributed by atoms with Gasteiger partial charge < -0.3 is 11.1 Å². The van der Waals surface area contributed by atoms with Gasteiger partial charge in [-0.15, -0.1) is 0 Å². The molecule has 3 heteroatoms. The van der Waals surface area contributed by atoms with Crippen molar-refractivity contribution in [3.05, 3.63) is 29.3 Å². The van der Waals surface area contributed by atoms with E-state index in [1.54, 1.807) is 6.34 Å². The van der Waals surface area contributed by atoms with Crippen LogP contribution in [0.25, 0.3) is 0 Å². The Kier molecular flexibility index (Phi) is 3.01. The summed E-state index contributed by atoms with van der Waals surface area (Å²) in [6.07, 6.45) is 2.47. The van der Waals surface area contributed by atoms with E-state index in [2.05, 4.69) is 28.2 Å². The summed E-state index contributed by atoms with van der Waals surface area (Å²) in [5.41, 5.74) is 8.71. The fourth-order valence-electron chi connectivity index (χ4n) is 1.44. The Morgan fingerprint density at radius 3 is 3.27 bits per heavy atom. The number of nitrogens with one attached hydrogen (secondary N) is 1. The molecule has 1 aliphatic heterocycles. The van der Waals surface area contributed by atoms with Gasteiger partial charge in [0.15, 0.2) is 0 Å². The molecule has 15 heavy (non-hydrogen) atoms. The number of benzene rings is 1. The van der Waals surface area contributed by atoms with Crippen LogP contribution in [0.15, 0.2) is 23.2 Å². The van der Waals surface area contributed by atoms with Crippen molar-refractivity contribution in [2.45, 2.75) is 13.0 Å². The van der Waals surface area contributed by atoms with Crippen LogP contribution in [-0.4, -0.2) is 12.9 Å². The number of nitrogens with zero attached hydrogens (tertiary/aromatic N) is 1. The first-order valence-electron chi connectivity index (χ1n) is 4.97. The summed E-state index contributed by atoms with van der Waals surface area (Å²) >= 11 is 0. The van der Waals surface area contributed by atoms with Gasteiger partial charge in [0, 0.05) is 24.2 Å². The molecule has 0 spiro atoms. The van der Waals surface area contributed by atoms with E-state index in [9.17, 15) is 0 Å². The Balaban J connectivity index is 2.20. The summed E-state index contributed by atoms with van der Waals surface area (Å²) in [7, 11) is 0. The van der Waals surface area contributed by atoms with E-state index in [4.69, 9.17) is 5.73 Å². The molecule has 0 saturated heterocycles. The highest BCUT2D eigenvalue weighted by Crippen LogP contribution is 2.19. The zero-order valence-corrected chi connectivity index (χ0v) is 8.46. The van der Waals surface area contributed by atoms with Crippen LogP contribution >= 0.6 is 0 Å². The first-order chi connectivity index (χ1) is 7.40. The van der Waals surface area contributed by atoms with Crippen molar-refractivity contribution in [1.82, 2.24) is 0 Å². The molecule has 0 unspecified atom stereocenters. The molecule has 0 saturated carbocycles. The second-order valence-electron chi connectivity index (χ2n) is 3.33. The van der Waals surface area contributed by atoms with Gasteiger partial charge in [0.05, 0.1) is 12.9 Å². The maximum absolute atomic E-state index is 5.37. The van der Waals surface area contributed by atoms with Crippen molar-refractivity contribution in [1.29, 1.82) is 0 Å². The molecule has 0 aliphatic carbocycles. The smallest absolute Gasteiger partial charge is 0.0872 e. The van der Waals surface area contributed by atoms with Gasteiger partial charge in [-0.2, -0.15) is 0 Å². The Labute approximate surface area is 89.4 Å². The normalized spacial score (nSPS) is 12.3. The second kappa shape index (κ2) is 4.63. The lowest BCUT2D eigenvalue weighted by molar-refractivity contribution is 1.03. The monoisotopic (exact) mass is 199 g/mol. The van der Waals surface area contributed by atoms with E-state index in [1.807, 2.05) is 12.1 Å². The minimum absolute atomic E-state index is 0.615. The molecule has 0 aromatic heterocycles. The average Bonchev–Trinajstić information content (AvgIpc) is 2.29. The molecule has 0 atom stereocenters. The second-order valence-corrected chi connectivity index (χ2v) is 3.33. The van der Waals surface area contributed by atoms with Crippen LogP contribution in [0, 0.1) is 11.8 Å². The third-order valence-corrected chi connectivity index (χ3v) is 2.18. The number of fused-ring (bicyclic) bond motifs is 1. The van der Waals surface area contributed by atoms with Crippen LogP contribution in [-0.2, 0) is 6.54 Å². The summed E-state index contributed by atoms with van der Waals surface area (Å²) in [6.45, 7) is 1.35. The van der Waals surface area contributed by atoms with Crippen LogP contribution < -0.4 is 11.1 Å². The molecule has 1 aromatic rings.